The molecule has 6 heteroatoms. The average molecular weight is 336 g/mol. The Morgan fingerprint density at radius 2 is 1.96 bits per heavy atom. The largest absolute Gasteiger partial charge is 0.481 e. The molecule has 0 unspecified atom stereocenters. The molecule has 0 aliphatic heterocycles. The van der Waals surface area contributed by atoms with Crippen LogP contribution in [-0.2, 0) is 17.9 Å². The maximum atomic E-state index is 10.7. The highest BCUT2D eigenvalue weighted by Gasteiger charge is 2.14. The maximum Gasteiger partial charge on any atom is 0.304 e. The van der Waals surface area contributed by atoms with Crippen molar-refractivity contribution in [1.82, 2.24) is 14.7 Å². The lowest BCUT2D eigenvalue weighted by molar-refractivity contribution is -0.137. The molecule has 0 atom stereocenters. The van der Waals surface area contributed by atoms with Crippen molar-refractivity contribution in [1.29, 1.82) is 0 Å². The molecule has 0 bridgehead atoms. The zero-order valence-corrected chi connectivity index (χ0v) is 14.5. The highest BCUT2D eigenvalue weighted by atomic mass is 35.5. The molecule has 1 heterocycles. The van der Waals surface area contributed by atoms with Crippen LogP contribution in [0.3, 0.4) is 0 Å². The van der Waals surface area contributed by atoms with E-state index in [1.165, 1.54) is 0 Å². The number of carboxylic acid groups (broad SMARTS) is 1. The Bertz CT molecular complexity index is 680. The summed E-state index contributed by atoms with van der Waals surface area (Å²) >= 11 is 5.91. The third-order valence-corrected chi connectivity index (χ3v) is 4.16. The number of rotatable bonds is 7. The third-order valence-electron chi connectivity index (χ3n) is 3.91. The predicted molar refractivity (Wildman–Crippen MR) is 90.8 cm³/mol. The van der Waals surface area contributed by atoms with Gasteiger partial charge in [0.2, 0.25) is 0 Å². The number of aromatic nitrogens is 2. The minimum Gasteiger partial charge on any atom is -0.481 e. The number of hydrogen-bond acceptors (Lipinski definition) is 3. The van der Waals surface area contributed by atoms with Gasteiger partial charge in [0, 0.05) is 29.4 Å². The second-order valence-corrected chi connectivity index (χ2v) is 6.25. The van der Waals surface area contributed by atoms with Crippen LogP contribution in [0.25, 0.3) is 0 Å². The van der Waals surface area contributed by atoms with Crippen LogP contribution in [-0.4, -0.2) is 39.3 Å². The minimum absolute atomic E-state index is 0.146. The molecule has 0 aliphatic rings. The van der Waals surface area contributed by atoms with Gasteiger partial charge in [0.25, 0.3) is 0 Å². The number of carboxylic acids is 1. The van der Waals surface area contributed by atoms with Gasteiger partial charge in [-0.05, 0) is 38.6 Å². The van der Waals surface area contributed by atoms with E-state index < -0.39 is 5.97 Å². The van der Waals surface area contributed by atoms with Crippen LogP contribution < -0.4 is 0 Å². The predicted octanol–water partition coefficient (Wildman–Crippen LogP) is 3.11. The number of aryl methyl sites for hydroxylation is 1. The van der Waals surface area contributed by atoms with Crippen LogP contribution >= 0.6 is 11.6 Å². The molecule has 23 heavy (non-hydrogen) atoms. The molecule has 0 amide bonds. The van der Waals surface area contributed by atoms with Gasteiger partial charge >= 0.3 is 5.97 Å². The number of halogens is 1. The fourth-order valence-electron chi connectivity index (χ4n) is 2.52. The van der Waals surface area contributed by atoms with Crippen molar-refractivity contribution in [2.45, 2.75) is 33.4 Å². The van der Waals surface area contributed by atoms with Gasteiger partial charge in [0.1, 0.15) is 0 Å². The molecule has 0 saturated heterocycles. The Morgan fingerprint density at radius 3 is 2.57 bits per heavy atom. The summed E-state index contributed by atoms with van der Waals surface area (Å²) in [7, 11) is 1.93. The Hall–Kier alpha value is -1.85. The topological polar surface area (TPSA) is 58.4 Å². The van der Waals surface area contributed by atoms with Crippen LogP contribution in [0.4, 0.5) is 0 Å². The van der Waals surface area contributed by atoms with Gasteiger partial charge in [-0.15, -0.1) is 0 Å². The van der Waals surface area contributed by atoms with Gasteiger partial charge in [-0.2, -0.15) is 5.10 Å². The van der Waals surface area contributed by atoms with Gasteiger partial charge in [0.05, 0.1) is 18.7 Å². The Labute approximate surface area is 141 Å². The molecule has 0 aliphatic carbocycles. The molecule has 0 spiro atoms. The third kappa shape index (κ3) is 4.81. The Balaban J connectivity index is 2.09. The lowest BCUT2D eigenvalue weighted by Crippen LogP contribution is -2.22. The van der Waals surface area contributed by atoms with Crippen LogP contribution in [0.5, 0.6) is 0 Å². The summed E-state index contributed by atoms with van der Waals surface area (Å²) in [5.41, 5.74) is 4.40. The molecule has 2 aromatic rings. The molecule has 5 nitrogen and oxygen atoms in total. The summed E-state index contributed by atoms with van der Waals surface area (Å²) in [6.45, 7) is 5.97. The van der Waals surface area contributed by atoms with Crippen LogP contribution in [0.15, 0.2) is 24.3 Å². The number of carbonyl (C=O) groups is 1. The summed E-state index contributed by atoms with van der Waals surface area (Å²) in [6, 6.07) is 7.75. The van der Waals surface area contributed by atoms with Crippen molar-refractivity contribution in [2.24, 2.45) is 0 Å². The molecule has 0 saturated carbocycles. The van der Waals surface area contributed by atoms with Crippen molar-refractivity contribution in [2.75, 3.05) is 13.6 Å². The summed E-state index contributed by atoms with van der Waals surface area (Å²) in [4.78, 5) is 12.7. The van der Waals surface area contributed by atoms with Gasteiger partial charge in [-0.1, -0.05) is 23.7 Å². The van der Waals surface area contributed by atoms with Crippen LogP contribution in [0.1, 0.15) is 28.9 Å². The second-order valence-electron chi connectivity index (χ2n) is 5.82. The maximum absolute atomic E-state index is 10.7. The van der Waals surface area contributed by atoms with E-state index in [9.17, 15) is 4.79 Å². The highest BCUT2D eigenvalue weighted by Crippen LogP contribution is 2.17. The van der Waals surface area contributed by atoms with E-state index in [0.717, 1.165) is 27.5 Å². The monoisotopic (exact) mass is 335 g/mol. The highest BCUT2D eigenvalue weighted by molar-refractivity contribution is 6.30. The van der Waals surface area contributed by atoms with Gasteiger partial charge in [0.15, 0.2) is 0 Å². The average Bonchev–Trinajstić information content (AvgIpc) is 2.75. The minimum atomic E-state index is -0.774. The molecular weight excluding hydrogens is 314 g/mol. The number of hydrogen-bond donors (Lipinski definition) is 1. The standard InChI is InChI=1S/C17H22ClN3O2/c1-12-16(11-20(3)9-8-17(22)23)13(2)21(19-12)10-14-4-6-15(18)7-5-14/h4-7H,8-11H2,1-3H3,(H,22,23). The van der Waals surface area contributed by atoms with E-state index in [0.29, 0.717) is 19.6 Å². The van der Waals surface area contributed by atoms with Crippen molar-refractivity contribution in [3.8, 4) is 0 Å². The summed E-state index contributed by atoms with van der Waals surface area (Å²) in [5.74, 6) is -0.774. The van der Waals surface area contributed by atoms with E-state index in [2.05, 4.69) is 12.0 Å². The number of nitrogens with zero attached hydrogens (tertiary/aromatic N) is 3. The van der Waals surface area contributed by atoms with Crippen LogP contribution in [0.2, 0.25) is 5.02 Å². The smallest absolute Gasteiger partial charge is 0.304 e. The molecule has 0 fully saturated rings. The van der Waals surface area contributed by atoms with Crippen LogP contribution in [0, 0.1) is 13.8 Å². The Morgan fingerprint density at radius 1 is 1.30 bits per heavy atom. The van der Waals surface area contributed by atoms with Gasteiger partial charge in [-0.3, -0.25) is 9.48 Å². The summed E-state index contributed by atoms with van der Waals surface area (Å²) in [5, 5.41) is 14.1. The summed E-state index contributed by atoms with van der Waals surface area (Å²) in [6.07, 6.45) is 0.146. The SMILES string of the molecule is Cc1nn(Cc2ccc(Cl)cc2)c(C)c1CN(C)CCC(=O)O. The molecule has 1 aromatic carbocycles. The van der Waals surface area contributed by atoms with E-state index in [1.54, 1.807) is 0 Å². The molecule has 124 valence electrons. The zero-order chi connectivity index (χ0) is 17.0. The molecule has 1 N–H and O–H groups in total. The first-order valence-electron chi connectivity index (χ1n) is 7.54. The molecule has 0 radical (unpaired) electrons. The summed E-state index contributed by atoms with van der Waals surface area (Å²) < 4.78 is 1.99. The van der Waals surface area contributed by atoms with Crippen molar-refractivity contribution < 1.29 is 9.90 Å². The van der Waals surface area contributed by atoms with Crippen molar-refractivity contribution in [3.63, 3.8) is 0 Å². The van der Waals surface area contributed by atoms with Gasteiger partial charge in [-0.25, -0.2) is 0 Å². The first-order valence-corrected chi connectivity index (χ1v) is 7.92. The lowest BCUT2D eigenvalue weighted by atomic mass is 10.1. The first-order chi connectivity index (χ1) is 10.9. The first kappa shape index (κ1) is 17.5. The van der Waals surface area contributed by atoms with E-state index in [1.807, 2.05) is 47.8 Å². The normalized spacial score (nSPS) is 11.2. The van der Waals surface area contributed by atoms with Crippen molar-refractivity contribution >= 4 is 17.6 Å². The van der Waals surface area contributed by atoms with E-state index >= 15 is 0 Å². The lowest BCUT2D eigenvalue weighted by Gasteiger charge is -2.15. The quantitative estimate of drug-likeness (QED) is 0.844. The Kier molecular flexibility index (Phi) is 5.80. The van der Waals surface area contributed by atoms with E-state index in [4.69, 9.17) is 16.7 Å². The molecule has 2 rings (SSSR count). The molecule has 1 aromatic heterocycles. The number of aliphatic carboxylic acids is 1. The second kappa shape index (κ2) is 7.62. The van der Waals surface area contributed by atoms with E-state index in [-0.39, 0.29) is 6.42 Å². The fourth-order valence-corrected chi connectivity index (χ4v) is 2.64. The fraction of sp³-hybridized carbons (Fsp3) is 0.412. The number of benzene rings is 1. The molecular formula is C17H22ClN3O2. The van der Waals surface area contributed by atoms with Crippen molar-refractivity contribution in [3.05, 3.63) is 51.8 Å². The zero-order valence-electron chi connectivity index (χ0n) is 13.7. The van der Waals surface area contributed by atoms with Gasteiger partial charge < -0.3 is 10.0 Å².